The van der Waals surface area contributed by atoms with Gasteiger partial charge in [-0.3, -0.25) is 4.79 Å². The molecule has 1 fully saturated rings. The number of para-hydroxylation sites is 1. The SMILES string of the molecule is O=C1Nc2c(C(F)(F)F)cccc2C1(Cl)C1CCCCC1. The van der Waals surface area contributed by atoms with Crippen LogP contribution in [0.25, 0.3) is 0 Å². The number of halogens is 4. The largest absolute Gasteiger partial charge is 0.418 e. The van der Waals surface area contributed by atoms with Gasteiger partial charge in [0.1, 0.15) is 0 Å². The normalized spacial score (nSPS) is 26.6. The summed E-state index contributed by atoms with van der Waals surface area (Å²) in [6, 6.07) is 3.83. The topological polar surface area (TPSA) is 29.1 Å². The molecular formula is C15H15ClF3NO. The minimum atomic E-state index is -4.51. The van der Waals surface area contributed by atoms with E-state index in [0.717, 1.165) is 38.2 Å². The molecule has 1 atom stereocenters. The lowest BCUT2D eigenvalue weighted by Crippen LogP contribution is -2.37. The first-order valence-corrected chi connectivity index (χ1v) is 7.44. The van der Waals surface area contributed by atoms with E-state index in [1.807, 2.05) is 0 Å². The summed E-state index contributed by atoms with van der Waals surface area (Å²) >= 11 is 6.57. The first-order valence-electron chi connectivity index (χ1n) is 7.06. The number of benzene rings is 1. The highest BCUT2D eigenvalue weighted by atomic mass is 35.5. The monoisotopic (exact) mass is 317 g/mol. The summed E-state index contributed by atoms with van der Waals surface area (Å²) in [5.74, 6) is -0.639. The number of rotatable bonds is 1. The molecule has 21 heavy (non-hydrogen) atoms. The number of carbonyl (C=O) groups is 1. The van der Waals surface area contributed by atoms with Crippen molar-refractivity contribution >= 4 is 23.2 Å². The average Bonchev–Trinajstić information content (AvgIpc) is 2.72. The average molecular weight is 318 g/mol. The van der Waals surface area contributed by atoms with Crippen LogP contribution in [-0.2, 0) is 15.8 Å². The van der Waals surface area contributed by atoms with Crippen LogP contribution >= 0.6 is 11.6 Å². The van der Waals surface area contributed by atoms with Gasteiger partial charge in [0.15, 0.2) is 4.87 Å². The Hall–Kier alpha value is -1.23. The van der Waals surface area contributed by atoms with E-state index in [2.05, 4.69) is 5.32 Å². The van der Waals surface area contributed by atoms with E-state index in [4.69, 9.17) is 11.6 Å². The van der Waals surface area contributed by atoms with Crippen LogP contribution in [0.3, 0.4) is 0 Å². The van der Waals surface area contributed by atoms with Gasteiger partial charge in [0.05, 0.1) is 11.3 Å². The summed E-state index contributed by atoms with van der Waals surface area (Å²) in [4.78, 5) is 11.0. The van der Waals surface area contributed by atoms with Gasteiger partial charge in [0.2, 0.25) is 5.91 Å². The van der Waals surface area contributed by atoms with Gasteiger partial charge in [-0.05, 0) is 24.8 Å². The Morgan fingerprint density at radius 3 is 2.48 bits per heavy atom. The second-order valence-electron chi connectivity index (χ2n) is 5.73. The molecular weight excluding hydrogens is 303 g/mol. The lowest BCUT2D eigenvalue weighted by Gasteiger charge is -2.33. The Balaban J connectivity index is 2.10. The van der Waals surface area contributed by atoms with Crippen molar-refractivity contribution in [2.45, 2.75) is 43.2 Å². The van der Waals surface area contributed by atoms with Crippen molar-refractivity contribution in [2.75, 3.05) is 5.32 Å². The predicted molar refractivity (Wildman–Crippen MR) is 74.2 cm³/mol. The van der Waals surface area contributed by atoms with Crippen LogP contribution in [0.5, 0.6) is 0 Å². The van der Waals surface area contributed by atoms with Crippen LogP contribution in [0.15, 0.2) is 18.2 Å². The summed E-state index contributed by atoms with van der Waals surface area (Å²) in [6.45, 7) is 0. The molecule has 2 nitrogen and oxygen atoms in total. The molecule has 2 aliphatic rings. The lowest BCUT2D eigenvalue weighted by atomic mass is 9.76. The molecule has 1 aromatic rings. The third-order valence-electron chi connectivity index (χ3n) is 4.50. The summed E-state index contributed by atoms with van der Waals surface area (Å²) in [5.41, 5.74) is -0.724. The second kappa shape index (κ2) is 4.90. The zero-order valence-electron chi connectivity index (χ0n) is 11.3. The highest BCUT2D eigenvalue weighted by Gasteiger charge is 2.53. The molecule has 1 amide bonds. The molecule has 0 radical (unpaired) electrons. The van der Waals surface area contributed by atoms with E-state index in [0.29, 0.717) is 0 Å². The number of fused-ring (bicyclic) bond motifs is 1. The van der Waals surface area contributed by atoms with Gasteiger partial charge >= 0.3 is 6.18 Å². The molecule has 1 aliphatic heterocycles. The zero-order chi connectivity index (χ0) is 15.3. The smallest absolute Gasteiger partial charge is 0.323 e. The van der Waals surface area contributed by atoms with Crippen LogP contribution < -0.4 is 5.32 Å². The van der Waals surface area contributed by atoms with Crippen molar-refractivity contribution < 1.29 is 18.0 Å². The molecule has 0 spiro atoms. The van der Waals surface area contributed by atoms with Crippen molar-refractivity contribution in [3.8, 4) is 0 Å². The molecule has 1 heterocycles. The number of nitrogens with one attached hydrogen (secondary N) is 1. The molecule has 0 bridgehead atoms. The molecule has 114 valence electrons. The fraction of sp³-hybridized carbons (Fsp3) is 0.533. The maximum absolute atomic E-state index is 13.1. The van der Waals surface area contributed by atoms with E-state index in [-0.39, 0.29) is 17.2 Å². The van der Waals surface area contributed by atoms with Crippen LogP contribution in [-0.4, -0.2) is 5.91 Å². The number of alkyl halides is 4. The third-order valence-corrected chi connectivity index (χ3v) is 5.18. The number of anilines is 1. The Morgan fingerprint density at radius 1 is 1.19 bits per heavy atom. The van der Waals surface area contributed by atoms with Gasteiger partial charge < -0.3 is 5.32 Å². The molecule has 1 N–H and O–H groups in total. The minimum absolute atomic E-state index is 0.113. The molecule has 0 aromatic heterocycles. The molecule has 1 aromatic carbocycles. The maximum atomic E-state index is 13.1. The third kappa shape index (κ3) is 2.22. The van der Waals surface area contributed by atoms with Gasteiger partial charge in [-0.25, -0.2) is 0 Å². The van der Waals surface area contributed by atoms with Crippen molar-refractivity contribution in [1.29, 1.82) is 0 Å². The summed E-state index contributed by atoms with van der Waals surface area (Å²) in [6.07, 6.45) is 0.0362. The summed E-state index contributed by atoms with van der Waals surface area (Å²) in [7, 11) is 0. The number of carbonyl (C=O) groups excluding carboxylic acids is 1. The summed E-state index contributed by atoms with van der Waals surface area (Å²) in [5, 5.41) is 2.37. The van der Waals surface area contributed by atoms with Crippen molar-refractivity contribution in [2.24, 2.45) is 5.92 Å². The van der Waals surface area contributed by atoms with Crippen LogP contribution in [0.4, 0.5) is 18.9 Å². The number of hydrogen-bond donors (Lipinski definition) is 1. The van der Waals surface area contributed by atoms with Crippen molar-refractivity contribution in [3.63, 3.8) is 0 Å². The molecule has 1 saturated carbocycles. The fourth-order valence-corrected chi connectivity index (χ4v) is 3.88. The second-order valence-corrected chi connectivity index (χ2v) is 6.32. The van der Waals surface area contributed by atoms with Gasteiger partial charge in [0, 0.05) is 5.56 Å². The molecule has 3 rings (SSSR count). The van der Waals surface area contributed by atoms with E-state index < -0.39 is 22.5 Å². The Labute approximate surface area is 125 Å². The van der Waals surface area contributed by atoms with Crippen LogP contribution in [0.1, 0.15) is 43.2 Å². The Bertz CT molecular complexity index is 581. The van der Waals surface area contributed by atoms with Gasteiger partial charge in [-0.15, -0.1) is 11.6 Å². The Morgan fingerprint density at radius 2 is 1.86 bits per heavy atom. The van der Waals surface area contributed by atoms with Gasteiger partial charge in [-0.2, -0.15) is 13.2 Å². The molecule has 6 heteroatoms. The highest BCUT2D eigenvalue weighted by Crippen LogP contribution is 2.53. The van der Waals surface area contributed by atoms with E-state index in [1.165, 1.54) is 12.1 Å². The van der Waals surface area contributed by atoms with Crippen molar-refractivity contribution in [3.05, 3.63) is 29.3 Å². The molecule has 1 aliphatic carbocycles. The minimum Gasteiger partial charge on any atom is -0.323 e. The first-order chi connectivity index (χ1) is 9.85. The molecule has 1 unspecified atom stereocenters. The van der Waals surface area contributed by atoms with Crippen LogP contribution in [0, 0.1) is 5.92 Å². The maximum Gasteiger partial charge on any atom is 0.418 e. The lowest BCUT2D eigenvalue weighted by molar-refractivity contribution is -0.136. The van der Waals surface area contributed by atoms with Crippen LogP contribution in [0.2, 0.25) is 0 Å². The Kier molecular flexibility index (Phi) is 3.43. The van der Waals surface area contributed by atoms with E-state index in [1.54, 1.807) is 0 Å². The van der Waals surface area contributed by atoms with E-state index in [9.17, 15) is 18.0 Å². The summed E-state index contributed by atoms with van der Waals surface area (Å²) < 4.78 is 39.2. The fourth-order valence-electron chi connectivity index (χ4n) is 3.46. The quantitative estimate of drug-likeness (QED) is 0.749. The predicted octanol–water partition coefficient (Wildman–Crippen LogP) is 4.67. The molecule has 0 saturated heterocycles. The van der Waals surface area contributed by atoms with Gasteiger partial charge in [-0.1, -0.05) is 31.4 Å². The van der Waals surface area contributed by atoms with Gasteiger partial charge in [0.25, 0.3) is 0 Å². The van der Waals surface area contributed by atoms with E-state index >= 15 is 0 Å². The van der Waals surface area contributed by atoms with Crippen molar-refractivity contribution in [1.82, 2.24) is 0 Å². The standard InChI is InChI=1S/C15H15ClF3NO/c16-14(9-5-2-1-3-6-9)10-7-4-8-11(15(17,18)19)12(10)20-13(14)21/h4,7-9H,1-3,5-6H2,(H,20,21). The zero-order valence-corrected chi connectivity index (χ0v) is 12.0. The highest BCUT2D eigenvalue weighted by molar-refractivity contribution is 6.39. The first kappa shape index (κ1) is 14.7. The number of amides is 1. The number of hydrogen-bond acceptors (Lipinski definition) is 1.